The van der Waals surface area contributed by atoms with Crippen molar-refractivity contribution in [1.29, 1.82) is 0 Å². The Labute approximate surface area is 163 Å². The molecule has 3 rings (SSSR count). The van der Waals surface area contributed by atoms with Crippen LogP contribution >= 0.6 is 34.5 Å². The van der Waals surface area contributed by atoms with Crippen molar-refractivity contribution in [2.45, 2.75) is 0 Å². The van der Waals surface area contributed by atoms with Gasteiger partial charge in [0.25, 0.3) is 5.91 Å². The van der Waals surface area contributed by atoms with Gasteiger partial charge in [-0.3, -0.25) is 10.1 Å². The Morgan fingerprint density at radius 1 is 0.885 bits per heavy atom. The number of urea groups is 1. The molecule has 26 heavy (non-hydrogen) atoms. The van der Waals surface area contributed by atoms with Crippen LogP contribution in [-0.4, -0.2) is 16.9 Å². The number of carbonyl (C=O) groups is 2. The molecule has 0 bridgehead atoms. The summed E-state index contributed by atoms with van der Waals surface area (Å²) in [6.07, 6.45) is 0. The van der Waals surface area contributed by atoms with Crippen LogP contribution in [0.5, 0.6) is 0 Å². The minimum Gasteiger partial charge on any atom is -0.321 e. The van der Waals surface area contributed by atoms with E-state index >= 15 is 0 Å². The zero-order valence-corrected chi connectivity index (χ0v) is 15.5. The van der Waals surface area contributed by atoms with Gasteiger partial charge >= 0.3 is 6.03 Å². The van der Waals surface area contributed by atoms with Gasteiger partial charge in [0.2, 0.25) is 0 Å². The molecule has 0 atom stereocenters. The molecule has 0 unspecified atom stereocenters. The van der Waals surface area contributed by atoms with Gasteiger partial charge in [0.05, 0.1) is 0 Å². The van der Waals surface area contributed by atoms with E-state index in [9.17, 15) is 9.59 Å². The minimum absolute atomic E-state index is 0.197. The largest absolute Gasteiger partial charge is 0.325 e. The molecule has 3 aromatic rings. The van der Waals surface area contributed by atoms with Crippen molar-refractivity contribution in [1.82, 2.24) is 4.98 Å². The Kier molecular flexibility index (Phi) is 5.72. The number of anilines is 3. The third-order valence-electron chi connectivity index (χ3n) is 3.14. The predicted octanol–water partition coefficient (Wildman–Crippen LogP) is 5.35. The summed E-state index contributed by atoms with van der Waals surface area (Å²) in [5, 5.41) is 10.9. The highest BCUT2D eigenvalue weighted by Gasteiger charge is 2.13. The zero-order valence-electron chi connectivity index (χ0n) is 13.1. The number of halogens is 2. The van der Waals surface area contributed by atoms with Crippen molar-refractivity contribution in [3.63, 3.8) is 0 Å². The lowest BCUT2D eigenvalue weighted by Crippen LogP contribution is -2.19. The number of hydrogen-bond acceptors (Lipinski definition) is 4. The lowest BCUT2D eigenvalue weighted by molar-refractivity contribution is 0.102. The molecule has 6 nitrogen and oxygen atoms in total. The first kappa shape index (κ1) is 18.2. The average Bonchev–Trinajstić information content (AvgIpc) is 3.05. The highest BCUT2D eigenvalue weighted by atomic mass is 35.5. The van der Waals surface area contributed by atoms with Gasteiger partial charge in [0.15, 0.2) is 5.13 Å². The van der Waals surface area contributed by atoms with Crippen molar-refractivity contribution in [3.05, 3.63) is 69.7 Å². The second kappa shape index (κ2) is 8.18. The van der Waals surface area contributed by atoms with Crippen LogP contribution in [0.1, 0.15) is 10.5 Å². The maximum atomic E-state index is 12.2. The number of amides is 3. The summed E-state index contributed by atoms with van der Waals surface area (Å²) in [7, 11) is 0. The first-order valence-electron chi connectivity index (χ1n) is 7.35. The summed E-state index contributed by atoms with van der Waals surface area (Å²) >= 11 is 12.8. The Bertz CT molecular complexity index is 944. The lowest BCUT2D eigenvalue weighted by Gasteiger charge is -2.05. The maximum Gasteiger partial charge on any atom is 0.325 e. The molecule has 2 aromatic carbocycles. The fourth-order valence-electron chi connectivity index (χ4n) is 1.99. The van der Waals surface area contributed by atoms with E-state index < -0.39 is 6.03 Å². The summed E-state index contributed by atoms with van der Waals surface area (Å²) in [5.41, 5.74) is 1.34. The third kappa shape index (κ3) is 4.95. The summed E-state index contributed by atoms with van der Waals surface area (Å²) in [6, 6.07) is 13.0. The summed E-state index contributed by atoms with van der Waals surface area (Å²) < 4.78 is 0. The molecule has 0 saturated carbocycles. The van der Waals surface area contributed by atoms with Crippen LogP contribution < -0.4 is 16.0 Å². The van der Waals surface area contributed by atoms with Crippen LogP contribution in [-0.2, 0) is 0 Å². The molecule has 3 N–H and O–H groups in total. The van der Waals surface area contributed by atoms with Crippen LogP contribution in [0.25, 0.3) is 0 Å². The van der Waals surface area contributed by atoms with E-state index in [2.05, 4.69) is 20.9 Å². The van der Waals surface area contributed by atoms with Gasteiger partial charge in [0.1, 0.15) is 5.69 Å². The molecule has 0 spiro atoms. The number of hydrogen-bond donors (Lipinski definition) is 3. The standard InChI is InChI=1S/C17H12Cl2N4O2S/c18-10-4-6-12(7-5-10)20-15(24)14-9-26-17(22-14)23-16(25)21-13-3-1-2-11(19)8-13/h1-9H,(H,20,24)(H2,21,22,23,25). The highest BCUT2D eigenvalue weighted by Crippen LogP contribution is 2.19. The predicted molar refractivity (Wildman–Crippen MR) is 106 cm³/mol. The second-order valence-electron chi connectivity index (χ2n) is 5.09. The molecule has 0 aliphatic heterocycles. The molecular weight excluding hydrogens is 395 g/mol. The van der Waals surface area contributed by atoms with E-state index in [0.29, 0.717) is 26.6 Å². The summed E-state index contributed by atoms with van der Waals surface area (Å²) in [6.45, 7) is 0. The number of nitrogens with zero attached hydrogens (tertiary/aromatic N) is 1. The Hall–Kier alpha value is -2.61. The van der Waals surface area contributed by atoms with Crippen LogP contribution in [0, 0.1) is 0 Å². The molecule has 9 heteroatoms. The fourth-order valence-corrected chi connectivity index (χ4v) is 2.99. The van der Waals surface area contributed by atoms with Gasteiger partial charge < -0.3 is 10.6 Å². The quantitative estimate of drug-likeness (QED) is 0.546. The van der Waals surface area contributed by atoms with E-state index in [1.165, 1.54) is 0 Å². The molecule has 0 aliphatic carbocycles. The number of benzene rings is 2. The molecule has 0 saturated heterocycles. The normalized spacial score (nSPS) is 10.2. The summed E-state index contributed by atoms with van der Waals surface area (Å²) in [4.78, 5) is 28.3. The minimum atomic E-state index is -0.480. The van der Waals surface area contributed by atoms with Gasteiger partial charge in [-0.25, -0.2) is 9.78 Å². The number of carbonyl (C=O) groups excluding carboxylic acids is 2. The van der Waals surface area contributed by atoms with Gasteiger partial charge in [-0.05, 0) is 42.5 Å². The van der Waals surface area contributed by atoms with E-state index in [0.717, 1.165) is 11.3 Å². The van der Waals surface area contributed by atoms with Crippen LogP contribution in [0.2, 0.25) is 10.0 Å². The topological polar surface area (TPSA) is 83.1 Å². The second-order valence-corrected chi connectivity index (χ2v) is 6.82. The SMILES string of the molecule is O=C(Nc1cccc(Cl)c1)Nc1nc(C(=O)Nc2ccc(Cl)cc2)cs1. The molecule has 132 valence electrons. The van der Waals surface area contributed by atoms with Gasteiger partial charge in [-0.2, -0.15) is 0 Å². The smallest absolute Gasteiger partial charge is 0.321 e. The van der Waals surface area contributed by atoms with Gasteiger partial charge in [-0.1, -0.05) is 29.3 Å². The molecule has 0 aliphatic rings. The number of thiazole rings is 1. The van der Waals surface area contributed by atoms with E-state index in [4.69, 9.17) is 23.2 Å². The van der Waals surface area contributed by atoms with Gasteiger partial charge in [0, 0.05) is 26.8 Å². The number of rotatable bonds is 4. The van der Waals surface area contributed by atoms with E-state index in [1.54, 1.807) is 53.9 Å². The van der Waals surface area contributed by atoms with Crippen molar-refractivity contribution in [3.8, 4) is 0 Å². The third-order valence-corrected chi connectivity index (χ3v) is 4.39. The molecule has 0 radical (unpaired) electrons. The number of nitrogens with one attached hydrogen (secondary N) is 3. The lowest BCUT2D eigenvalue weighted by atomic mass is 10.3. The Morgan fingerprint density at radius 3 is 2.38 bits per heavy atom. The molecular formula is C17H12Cl2N4O2S. The number of aromatic nitrogens is 1. The Balaban J connectivity index is 1.59. The fraction of sp³-hybridized carbons (Fsp3) is 0. The van der Waals surface area contributed by atoms with E-state index in [-0.39, 0.29) is 11.6 Å². The average molecular weight is 407 g/mol. The van der Waals surface area contributed by atoms with Crippen molar-refractivity contribution < 1.29 is 9.59 Å². The van der Waals surface area contributed by atoms with Crippen LogP contribution in [0.3, 0.4) is 0 Å². The van der Waals surface area contributed by atoms with Crippen LogP contribution in [0.15, 0.2) is 53.9 Å². The van der Waals surface area contributed by atoms with Gasteiger partial charge in [-0.15, -0.1) is 11.3 Å². The molecule has 1 aromatic heterocycles. The van der Waals surface area contributed by atoms with Crippen molar-refractivity contribution in [2.24, 2.45) is 0 Å². The zero-order chi connectivity index (χ0) is 18.5. The van der Waals surface area contributed by atoms with Crippen molar-refractivity contribution in [2.75, 3.05) is 16.0 Å². The van der Waals surface area contributed by atoms with Crippen LogP contribution in [0.4, 0.5) is 21.3 Å². The molecule has 0 fully saturated rings. The Morgan fingerprint density at radius 2 is 1.65 bits per heavy atom. The monoisotopic (exact) mass is 406 g/mol. The molecule has 3 amide bonds. The first-order valence-corrected chi connectivity index (χ1v) is 8.99. The van der Waals surface area contributed by atoms with Crippen molar-refractivity contribution >= 4 is 63.0 Å². The highest BCUT2D eigenvalue weighted by molar-refractivity contribution is 7.14. The maximum absolute atomic E-state index is 12.2. The molecule has 1 heterocycles. The first-order chi connectivity index (χ1) is 12.5. The van der Waals surface area contributed by atoms with E-state index in [1.807, 2.05) is 0 Å². The summed E-state index contributed by atoms with van der Waals surface area (Å²) in [5.74, 6) is -0.383.